The molecule has 1 spiro atoms. The zero-order valence-corrected chi connectivity index (χ0v) is 34.2. The first-order valence-electron chi connectivity index (χ1n) is 21.0. The molecule has 0 N–H and O–H groups in total. The van der Waals surface area contributed by atoms with E-state index in [1.54, 1.807) is 0 Å². The summed E-state index contributed by atoms with van der Waals surface area (Å²) < 4.78 is 0. The molecule has 0 saturated carbocycles. The summed E-state index contributed by atoms with van der Waals surface area (Å²) in [4.78, 5) is 5.14. The maximum atomic E-state index is 2.55. The third kappa shape index (κ3) is 5.57. The van der Waals surface area contributed by atoms with Gasteiger partial charge in [-0.1, -0.05) is 212 Å². The van der Waals surface area contributed by atoms with Crippen molar-refractivity contribution in [3.63, 3.8) is 0 Å². The normalized spacial score (nSPS) is 13.0. The SMILES string of the molecule is c1ccc(-c2ccc(N(c3ccc(-c4ccccc4)cc3-c3ccccc3)c3cc4c(c5ccccc35)Sc3ccccc3C43c4ccccc4-c4ccccc43)cc2)cc1. The molecule has 0 radical (unpaired) electrons. The van der Waals surface area contributed by atoms with Crippen LogP contribution in [0.4, 0.5) is 17.1 Å². The van der Waals surface area contributed by atoms with Gasteiger partial charge in [0, 0.05) is 26.4 Å². The molecule has 1 heterocycles. The lowest BCUT2D eigenvalue weighted by atomic mass is 9.67. The van der Waals surface area contributed by atoms with Crippen LogP contribution in [0.25, 0.3) is 55.3 Å². The van der Waals surface area contributed by atoms with Crippen LogP contribution in [0.2, 0.25) is 0 Å². The number of rotatable bonds is 6. The van der Waals surface area contributed by atoms with E-state index in [2.05, 4.69) is 241 Å². The molecule has 1 aliphatic heterocycles. The molecule has 0 unspecified atom stereocenters. The van der Waals surface area contributed by atoms with Gasteiger partial charge in [0.2, 0.25) is 0 Å². The lowest BCUT2D eigenvalue weighted by Gasteiger charge is -2.41. The van der Waals surface area contributed by atoms with E-state index in [1.807, 2.05) is 11.8 Å². The summed E-state index contributed by atoms with van der Waals surface area (Å²) in [5.41, 5.74) is 17.9. The predicted octanol–water partition coefficient (Wildman–Crippen LogP) is 16.1. The van der Waals surface area contributed by atoms with Crippen LogP contribution in [-0.2, 0) is 5.41 Å². The maximum Gasteiger partial charge on any atom is 0.0736 e. The van der Waals surface area contributed by atoms with Gasteiger partial charge in [-0.05, 0) is 103 Å². The van der Waals surface area contributed by atoms with Crippen LogP contribution in [-0.4, -0.2) is 0 Å². The molecule has 2 heteroatoms. The predicted molar refractivity (Wildman–Crippen MR) is 256 cm³/mol. The highest BCUT2D eigenvalue weighted by molar-refractivity contribution is 7.99. The molecule has 61 heavy (non-hydrogen) atoms. The molecular weight excluding hydrogens is 755 g/mol. The molecule has 1 aliphatic carbocycles. The van der Waals surface area contributed by atoms with E-state index in [0.29, 0.717) is 0 Å². The summed E-state index contributed by atoms with van der Waals surface area (Å²) in [6.45, 7) is 0. The van der Waals surface area contributed by atoms with Crippen LogP contribution in [0, 0.1) is 0 Å². The van der Waals surface area contributed by atoms with E-state index in [9.17, 15) is 0 Å². The van der Waals surface area contributed by atoms with Crippen LogP contribution < -0.4 is 4.90 Å². The van der Waals surface area contributed by atoms with Crippen molar-refractivity contribution in [2.45, 2.75) is 15.2 Å². The fraction of sp³-hybridized carbons (Fsp3) is 0.0169. The van der Waals surface area contributed by atoms with E-state index in [0.717, 1.165) is 17.1 Å². The van der Waals surface area contributed by atoms with Crippen LogP contribution in [0.5, 0.6) is 0 Å². The first-order chi connectivity index (χ1) is 30.3. The van der Waals surface area contributed by atoms with E-state index in [4.69, 9.17) is 0 Å². The highest BCUT2D eigenvalue weighted by Gasteiger charge is 2.50. The molecule has 0 bridgehead atoms. The van der Waals surface area contributed by atoms with Gasteiger partial charge in [-0.3, -0.25) is 0 Å². The maximum absolute atomic E-state index is 2.55. The third-order valence-corrected chi connectivity index (χ3v) is 14.0. The topological polar surface area (TPSA) is 3.24 Å². The number of nitrogens with zero attached hydrogens (tertiary/aromatic N) is 1. The summed E-state index contributed by atoms with van der Waals surface area (Å²) in [6, 6.07) is 87.4. The van der Waals surface area contributed by atoms with Gasteiger partial charge in [-0.15, -0.1) is 0 Å². The highest BCUT2D eigenvalue weighted by atomic mass is 32.2. The second kappa shape index (κ2) is 14.4. The standard InChI is InChI=1S/C59H39NS/c1-4-18-40(19-5-1)42-32-35-45(36-33-42)60(55-37-34-44(41-20-6-2-7-21-41)38-50(55)43-22-8-3-9-23-43)56-39-54-58(49-27-11-10-26-48(49)56)61-57-31-17-16-30-53(57)59(54)51-28-14-12-24-46(51)47-25-13-15-29-52(47)59/h1-39H. The smallest absolute Gasteiger partial charge is 0.0736 e. The zero-order valence-electron chi connectivity index (χ0n) is 33.4. The van der Waals surface area contributed by atoms with Crippen LogP contribution in [0.1, 0.15) is 22.3 Å². The number of hydrogen-bond donors (Lipinski definition) is 0. The third-order valence-electron chi connectivity index (χ3n) is 12.7. The van der Waals surface area contributed by atoms with Crippen LogP contribution in [0.3, 0.4) is 0 Å². The van der Waals surface area contributed by atoms with Crippen molar-refractivity contribution in [3.05, 3.63) is 259 Å². The average molecular weight is 794 g/mol. The molecule has 0 fully saturated rings. The first-order valence-corrected chi connectivity index (χ1v) is 21.8. The number of benzene rings is 10. The minimum absolute atomic E-state index is 0.522. The van der Waals surface area contributed by atoms with Gasteiger partial charge in [0.15, 0.2) is 0 Å². The monoisotopic (exact) mass is 793 g/mol. The molecule has 0 saturated heterocycles. The van der Waals surface area contributed by atoms with Gasteiger partial charge in [0.1, 0.15) is 0 Å². The van der Waals surface area contributed by atoms with Crippen LogP contribution in [0.15, 0.2) is 246 Å². The Bertz CT molecular complexity index is 3220. The summed E-state index contributed by atoms with van der Waals surface area (Å²) in [6.07, 6.45) is 0. The van der Waals surface area contributed by atoms with Crippen molar-refractivity contribution < 1.29 is 0 Å². The fourth-order valence-corrected chi connectivity index (χ4v) is 11.4. The minimum Gasteiger partial charge on any atom is -0.309 e. The Morgan fingerprint density at radius 2 is 0.803 bits per heavy atom. The average Bonchev–Trinajstić information content (AvgIpc) is 3.63. The molecule has 10 aromatic rings. The largest absolute Gasteiger partial charge is 0.309 e. The second-order valence-electron chi connectivity index (χ2n) is 16.0. The van der Waals surface area contributed by atoms with Crippen molar-refractivity contribution in [2.24, 2.45) is 0 Å². The summed E-state index contributed by atoms with van der Waals surface area (Å²) in [7, 11) is 0. The molecule has 286 valence electrons. The van der Waals surface area contributed by atoms with Crippen molar-refractivity contribution >= 4 is 39.6 Å². The van der Waals surface area contributed by atoms with Gasteiger partial charge in [-0.25, -0.2) is 0 Å². The van der Waals surface area contributed by atoms with Crippen molar-refractivity contribution in [2.75, 3.05) is 4.90 Å². The lowest BCUT2D eigenvalue weighted by molar-refractivity contribution is 0.726. The Morgan fingerprint density at radius 3 is 1.46 bits per heavy atom. The van der Waals surface area contributed by atoms with E-state index < -0.39 is 5.41 Å². The summed E-state index contributed by atoms with van der Waals surface area (Å²) in [5, 5.41) is 2.46. The molecule has 0 aromatic heterocycles. The van der Waals surface area contributed by atoms with Gasteiger partial charge in [0.05, 0.1) is 16.8 Å². The van der Waals surface area contributed by atoms with E-state index >= 15 is 0 Å². The summed E-state index contributed by atoms with van der Waals surface area (Å²) >= 11 is 1.91. The van der Waals surface area contributed by atoms with E-state index in [-0.39, 0.29) is 0 Å². The molecular formula is C59H39NS. The zero-order chi connectivity index (χ0) is 40.3. The van der Waals surface area contributed by atoms with Crippen LogP contribution >= 0.6 is 11.8 Å². The van der Waals surface area contributed by atoms with E-state index in [1.165, 1.54) is 87.3 Å². The van der Waals surface area contributed by atoms with Gasteiger partial charge in [-0.2, -0.15) is 0 Å². The number of fused-ring (bicyclic) bond motifs is 11. The molecule has 12 rings (SSSR count). The Labute approximate surface area is 361 Å². The number of hydrogen-bond acceptors (Lipinski definition) is 2. The molecule has 10 aromatic carbocycles. The highest BCUT2D eigenvalue weighted by Crippen LogP contribution is 2.64. The summed E-state index contributed by atoms with van der Waals surface area (Å²) in [5.74, 6) is 0. The van der Waals surface area contributed by atoms with Gasteiger partial charge in [0.25, 0.3) is 0 Å². The first kappa shape index (κ1) is 35.5. The van der Waals surface area contributed by atoms with Crippen molar-refractivity contribution in [1.82, 2.24) is 0 Å². The Morgan fingerprint density at radius 1 is 0.311 bits per heavy atom. The fourth-order valence-electron chi connectivity index (χ4n) is 10.1. The van der Waals surface area contributed by atoms with Gasteiger partial charge >= 0.3 is 0 Å². The Kier molecular flexibility index (Phi) is 8.40. The molecule has 2 aliphatic rings. The Hall–Kier alpha value is -7.39. The lowest BCUT2D eigenvalue weighted by Crippen LogP contribution is -2.32. The van der Waals surface area contributed by atoms with Gasteiger partial charge < -0.3 is 4.90 Å². The molecule has 0 amide bonds. The van der Waals surface area contributed by atoms with Crippen molar-refractivity contribution in [1.29, 1.82) is 0 Å². The van der Waals surface area contributed by atoms with Crippen molar-refractivity contribution in [3.8, 4) is 44.5 Å². The molecule has 1 nitrogen and oxygen atoms in total. The number of anilines is 3. The quantitative estimate of drug-likeness (QED) is 0.165. The second-order valence-corrected chi connectivity index (χ2v) is 17.0. The minimum atomic E-state index is -0.522. The Balaban J connectivity index is 1.19. The molecule has 0 atom stereocenters.